The van der Waals surface area contributed by atoms with Crippen LogP contribution < -0.4 is 0 Å². The molecule has 5 heterocycles. The molecule has 0 aliphatic rings. The number of rotatable bonds is 5. The second kappa shape index (κ2) is 13.3. The topological polar surface area (TPSA) is 74.8 Å². The van der Waals surface area contributed by atoms with Gasteiger partial charge in [-0.15, -0.1) is 0 Å². The molecule has 9 aromatic carbocycles. The number of hydrogen-bond donors (Lipinski definition) is 0. The number of benzene rings is 9. The molecule has 0 aliphatic carbocycles. The summed E-state index contributed by atoms with van der Waals surface area (Å²) in [5.74, 6) is -2.95. The van der Waals surface area contributed by atoms with Crippen LogP contribution in [0.4, 0.5) is 0 Å². The maximum Gasteiger partial charge on any atom is 0.238 e. The molecule has 0 radical (unpaired) electrons. The van der Waals surface area contributed by atoms with E-state index in [1.54, 1.807) is 0 Å². The van der Waals surface area contributed by atoms with Crippen molar-refractivity contribution in [2.45, 2.75) is 0 Å². The van der Waals surface area contributed by atoms with E-state index in [-0.39, 0.29) is 0 Å². The summed E-state index contributed by atoms with van der Waals surface area (Å²) in [4.78, 5) is 13.9. The van der Waals surface area contributed by atoms with Crippen LogP contribution in [0.25, 0.3) is 133 Å². The lowest BCUT2D eigenvalue weighted by atomic mass is 10.0. The minimum Gasteiger partial charge on any atom is -0.456 e. The lowest BCUT2D eigenvalue weighted by Crippen LogP contribution is -2.07. The van der Waals surface area contributed by atoms with Gasteiger partial charge in [-0.3, -0.25) is 4.57 Å². The van der Waals surface area contributed by atoms with Crippen LogP contribution in [0.5, 0.6) is 0 Å². The summed E-state index contributed by atoms with van der Waals surface area (Å²) in [6.45, 7) is 0. The minimum absolute atomic E-state index is 0.527. The summed E-state index contributed by atoms with van der Waals surface area (Å²) in [7, 11) is 0. The highest BCUT2D eigenvalue weighted by atomic mass is 16.3. The van der Waals surface area contributed by atoms with Crippen molar-refractivity contribution in [2.24, 2.45) is 0 Å². The Kier molecular flexibility index (Phi) is 3.30. The Labute approximate surface area is 411 Å². The minimum atomic E-state index is -1.13. The molecule has 0 N–H and O–H groups in total. The molecule has 7 nitrogen and oxygen atoms in total. The number of para-hydroxylation sites is 4. The molecule has 0 fully saturated rings. The predicted octanol–water partition coefficient (Wildman–Crippen LogP) is 14.9. The fraction of sp³-hybridized carbons (Fsp3) is 0. The van der Waals surface area contributed by atoms with Crippen molar-refractivity contribution in [2.75, 3.05) is 0 Å². The number of nitrogens with zero attached hydrogens (tertiary/aromatic N) is 5. The van der Waals surface area contributed by atoms with Gasteiger partial charge in [-0.1, -0.05) is 157 Å². The molecule has 0 atom stereocenters. The summed E-state index contributed by atoms with van der Waals surface area (Å²) in [6, 6.07) is -32.0. The van der Waals surface area contributed by atoms with E-state index in [1.165, 1.54) is 0 Å². The van der Waals surface area contributed by atoms with Crippen LogP contribution in [0.1, 0.15) is 45.2 Å². The third kappa shape index (κ3) is 5.00. The Morgan fingerprint density at radius 3 is 1.67 bits per heavy atom. The van der Waals surface area contributed by atoms with Crippen molar-refractivity contribution < 1.29 is 54.1 Å². The molecule has 0 bridgehead atoms. The van der Waals surface area contributed by atoms with Gasteiger partial charge in [0.05, 0.1) is 73.0 Å². The Bertz CT molecular complexity index is 6130. The highest BCUT2D eigenvalue weighted by Gasteiger charge is 2.26. The maximum atomic E-state index is 10.4. The van der Waals surface area contributed by atoms with Gasteiger partial charge >= 0.3 is 0 Å². The van der Waals surface area contributed by atoms with E-state index < -0.39 is 332 Å². The van der Waals surface area contributed by atoms with E-state index in [1.807, 2.05) is 0 Å². The van der Waals surface area contributed by atoms with Gasteiger partial charge in [-0.05, 0) is 53.4 Å². The van der Waals surface area contributed by atoms with Gasteiger partial charge in [-0.25, -0.2) is 4.98 Å². The summed E-state index contributed by atoms with van der Waals surface area (Å²) in [5, 5.41) is -5.20. The van der Waals surface area contributed by atoms with Crippen LogP contribution in [0.3, 0.4) is 0 Å². The normalized spacial score (nSPS) is 19.3. The van der Waals surface area contributed by atoms with Crippen LogP contribution in [0, 0.1) is 0 Å². The lowest BCUT2D eigenvalue weighted by molar-refractivity contribution is 0.666. The fourth-order valence-electron chi connectivity index (χ4n) is 7.91. The number of aromatic nitrogens is 5. The Morgan fingerprint density at radius 2 is 0.938 bits per heavy atom. The number of hydrogen-bond acceptors (Lipinski definition) is 5. The first-order chi connectivity index (χ1) is 45.5. The summed E-state index contributed by atoms with van der Waals surface area (Å²) >= 11 is 0. The second-order valence-corrected chi connectivity index (χ2v) is 13.8. The van der Waals surface area contributed by atoms with E-state index in [0.29, 0.717) is 0 Å². The molecule has 5 aromatic heterocycles. The molecular formula is C57H33N5O2. The van der Waals surface area contributed by atoms with Crippen molar-refractivity contribution in [3.05, 3.63) is 199 Å². The first-order valence-corrected chi connectivity index (χ1v) is 18.7. The van der Waals surface area contributed by atoms with Crippen molar-refractivity contribution in [3.8, 4) is 45.5 Å². The van der Waals surface area contributed by atoms with Crippen molar-refractivity contribution in [1.29, 1.82) is 0 Å². The number of fused-ring (bicyclic) bond motifs is 13. The van der Waals surface area contributed by atoms with Crippen molar-refractivity contribution in [3.63, 3.8) is 0 Å². The third-order valence-electron chi connectivity index (χ3n) is 10.5. The van der Waals surface area contributed by atoms with Crippen LogP contribution in [0.2, 0.25) is 0 Å². The van der Waals surface area contributed by atoms with Crippen LogP contribution >= 0.6 is 0 Å². The van der Waals surface area contributed by atoms with Gasteiger partial charge in [0.25, 0.3) is 0 Å². The zero-order valence-electron chi connectivity index (χ0n) is 64.6. The van der Waals surface area contributed by atoms with Crippen molar-refractivity contribution in [1.82, 2.24) is 24.1 Å². The summed E-state index contributed by atoms with van der Waals surface area (Å²) < 4.78 is 317. The molecular weight excluding hydrogens is 787 g/mol. The van der Waals surface area contributed by atoms with E-state index in [9.17, 15) is 20.6 Å². The Hall–Kier alpha value is -8.81. The van der Waals surface area contributed by atoms with Gasteiger partial charge in [0.15, 0.2) is 17.2 Å². The maximum absolute atomic E-state index is 10.4. The quantitative estimate of drug-likeness (QED) is 0.172. The predicted molar refractivity (Wildman–Crippen MR) is 259 cm³/mol. The molecule has 0 saturated carbocycles. The van der Waals surface area contributed by atoms with Crippen LogP contribution in [-0.4, -0.2) is 24.1 Å². The molecule has 0 spiro atoms. The lowest BCUT2D eigenvalue weighted by Gasteiger charge is -2.14. The van der Waals surface area contributed by atoms with Crippen LogP contribution in [-0.2, 0) is 0 Å². The van der Waals surface area contributed by atoms with Gasteiger partial charge < -0.3 is 13.4 Å². The molecule has 7 heteroatoms. The number of furan rings is 2. The van der Waals surface area contributed by atoms with E-state index in [0.717, 1.165) is 9.13 Å². The Balaban J connectivity index is 1.32. The van der Waals surface area contributed by atoms with Crippen molar-refractivity contribution >= 4 is 87.5 Å². The molecule has 0 aliphatic heterocycles. The van der Waals surface area contributed by atoms with E-state index >= 15 is 0 Å². The van der Waals surface area contributed by atoms with E-state index in [2.05, 4.69) is 9.97 Å². The summed E-state index contributed by atoms with van der Waals surface area (Å²) in [6.07, 6.45) is 0. The zero-order chi connectivity index (χ0) is 70.6. The average molecular weight is 853 g/mol. The first-order valence-electron chi connectivity index (χ1n) is 35.2. The zero-order valence-corrected chi connectivity index (χ0v) is 31.6. The van der Waals surface area contributed by atoms with Gasteiger partial charge in [0.2, 0.25) is 5.95 Å². The highest BCUT2D eigenvalue weighted by Crippen LogP contribution is 2.45. The SMILES string of the molecule is [2H]c1c([2H])c([2H])c(-c2nc(-c3c([2H])c([2H])c([2H])c4oc5c([2H])c([2H])c([2H])c([2H])c5c34)nc(-n3c4c([2H])c([2H])c([2H])c([2H])c4c4c([2H])c([2H])c5c6c([2H])c([2H])c([2H])c([2H])c6n(-c6c([2H])c(-c7c([2H])c([2H])c([2H])c([2H])c7[2H])c([2H])c7c6oc6c([2H])c([2H])c([2H])c([2H])c67)c5c43)n2)c([2H])c1[2H]. The molecule has 298 valence electrons. The standard InChI is InChI=1S/C57H33N5O2/c1-3-16-34(17-4-1)36-32-44-39-22-9-13-27-48(39)64-54(44)47(33-36)61-45-25-11-7-20-37(45)40-30-31-41-38-21-8-12-26-46(38)62(53(41)52(40)61)57-59-55(35-18-5-2-6-19-35)58-56(60-57)43-24-15-29-50-51(43)42-23-10-14-28-49(42)63-50/h1-33H/i1D,2D,3D,4D,5D,6D,7D,8D,9D,10D,11D,12D,13D,14D,15D,16D,17D,18D,19D,20D,21D,22D,23D,24D,25D,26D,27D,28D,29D,30D,31D,32D,33D. The summed E-state index contributed by atoms with van der Waals surface area (Å²) in [5.41, 5.74) is -10.3. The second-order valence-electron chi connectivity index (χ2n) is 13.8. The largest absolute Gasteiger partial charge is 0.456 e. The van der Waals surface area contributed by atoms with Gasteiger partial charge in [0, 0.05) is 54.2 Å². The van der Waals surface area contributed by atoms with Crippen LogP contribution in [0.15, 0.2) is 208 Å². The monoisotopic (exact) mass is 852 g/mol. The first kappa shape index (κ1) is 15.8. The Morgan fingerprint density at radius 1 is 0.375 bits per heavy atom. The molecule has 14 aromatic rings. The molecule has 0 saturated heterocycles. The smallest absolute Gasteiger partial charge is 0.238 e. The average Bonchev–Trinajstić information content (AvgIpc) is 1.50. The molecule has 0 amide bonds. The molecule has 64 heavy (non-hydrogen) atoms. The molecule has 14 rings (SSSR count). The third-order valence-corrected chi connectivity index (χ3v) is 10.5. The molecule has 0 unspecified atom stereocenters. The fourth-order valence-corrected chi connectivity index (χ4v) is 7.91. The van der Waals surface area contributed by atoms with E-state index in [4.69, 9.17) is 38.5 Å². The van der Waals surface area contributed by atoms with Gasteiger partial charge in [-0.2, -0.15) is 9.97 Å². The highest BCUT2D eigenvalue weighted by molar-refractivity contribution is 6.24. The van der Waals surface area contributed by atoms with Gasteiger partial charge in [0.1, 0.15) is 16.7 Å².